The van der Waals surface area contributed by atoms with Gasteiger partial charge < -0.3 is 15.4 Å². The smallest absolute Gasteiger partial charge is 0.313 e. The largest absolute Gasteiger partial charge is 0.385 e. The van der Waals surface area contributed by atoms with Gasteiger partial charge >= 0.3 is 11.8 Å². The van der Waals surface area contributed by atoms with Crippen LogP contribution < -0.4 is 10.6 Å². The van der Waals surface area contributed by atoms with Crippen molar-refractivity contribution < 1.29 is 14.3 Å². The van der Waals surface area contributed by atoms with E-state index >= 15 is 0 Å². The van der Waals surface area contributed by atoms with Gasteiger partial charge in [0.05, 0.1) is 0 Å². The fourth-order valence-electron chi connectivity index (χ4n) is 1.82. The highest BCUT2D eigenvalue weighted by molar-refractivity contribution is 6.39. The molecule has 0 aliphatic rings. The average Bonchev–Trinajstić information content (AvgIpc) is 2.50. The molecule has 0 atom stereocenters. The molecule has 0 aliphatic carbocycles. The number of hydrogen-bond acceptors (Lipinski definition) is 3. The molecule has 2 N–H and O–H groups in total. The van der Waals surface area contributed by atoms with Crippen molar-refractivity contribution >= 4 is 17.5 Å². The highest BCUT2D eigenvalue weighted by Gasteiger charge is 2.12. The molecule has 0 fully saturated rings. The van der Waals surface area contributed by atoms with E-state index in [1.807, 2.05) is 24.3 Å². The number of anilines is 1. The molecule has 1 rings (SSSR count). The van der Waals surface area contributed by atoms with E-state index in [2.05, 4.69) is 17.6 Å². The number of methoxy groups -OCH3 is 1. The number of rotatable bonds is 8. The van der Waals surface area contributed by atoms with Crippen LogP contribution in [0.1, 0.15) is 31.7 Å². The zero-order valence-electron chi connectivity index (χ0n) is 12.8. The van der Waals surface area contributed by atoms with E-state index in [0.717, 1.165) is 19.3 Å². The minimum atomic E-state index is -0.645. The van der Waals surface area contributed by atoms with Gasteiger partial charge in [-0.25, -0.2) is 0 Å². The topological polar surface area (TPSA) is 67.4 Å². The maximum Gasteiger partial charge on any atom is 0.313 e. The van der Waals surface area contributed by atoms with E-state index in [-0.39, 0.29) is 0 Å². The van der Waals surface area contributed by atoms with Gasteiger partial charge in [-0.1, -0.05) is 25.5 Å². The maximum absolute atomic E-state index is 11.7. The van der Waals surface area contributed by atoms with Crippen molar-refractivity contribution in [3.63, 3.8) is 0 Å². The quantitative estimate of drug-likeness (QED) is 0.569. The standard InChI is InChI=1S/C16H24N2O3/c1-3-4-6-13-7-9-14(10-8-13)18-16(20)15(19)17-11-5-12-21-2/h7-10H,3-6,11-12H2,1-2H3,(H,17,19)(H,18,20). The lowest BCUT2D eigenvalue weighted by atomic mass is 10.1. The summed E-state index contributed by atoms with van der Waals surface area (Å²) in [6.07, 6.45) is 4.02. The number of nitrogens with one attached hydrogen (secondary N) is 2. The molecule has 0 bridgehead atoms. The molecular weight excluding hydrogens is 268 g/mol. The second-order valence-corrected chi connectivity index (χ2v) is 4.86. The summed E-state index contributed by atoms with van der Waals surface area (Å²) in [7, 11) is 1.60. The van der Waals surface area contributed by atoms with Gasteiger partial charge in [-0.05, 0) is 37.0 Å². The lowest BCUT2D eigenvalue weighted by Crippen LogP contribution is -2.36. The molecule has 0 unspecified atom stereocenters. The van der Waals surface area contributed by atoms with Crippen molar-refractivity contribution in [1.29, 1.82) is 0 Å². The Labute approximate surface area is 126 Å². The minimum Gasteiger partial charge on any atom is -0.385 e. The first-order valence-corrected chi connectivity index (χ1v) is 7.34. The van der Waals surface area contributed by atoms with Crippen molar-refractivity contribution in [2.75, 3.05) is 25.6 Å². The summed E-state index contributed by atoms with van der Waals surface area (Å²) in [6.45, 7) is 3.14. The Morgan fingerprint density at radius 1 is 1.10 bits per heavy atom. The second-order valence-electron chi connectivity index (χ2n) is 4.86. The van der Waals surface area contributed by atoms with Crippen LogP contribution in [0.3, 0.4) is 0 Å². The van der Waals surface area contributed by atoms with Gasteiger partial charge in [-0.15, -0.1) is 0 Å². The minimum absolute atomic E-state index is 0.427. The van der Waals surface area contributed by atoms with Gasteiger partial charge in [0, 0.05) is 25.9 Å². The Morgan fingerprint density at radius 3 is 2.43 bits per heavy atom. The first-order valence-electron chi connectivity index (χ1n) is 7.34. The van der Waals surface area contributed by atoms with Gasteiger partial charge in [-0.3, -0.25) is 9.59 Å². The van der Waals surface area contributed by atoms with Crippen LogP contribution in [-0.4, -0.2) is 32.1 Å². The Balaban J connectivity index is 2.37. The number of carbonyl (C=O) groups excluding carboxylic acids is 2. The normalized spacial score (nSPS) is 10.2. The van der Waals surface area contributed by atoms with Crippen LogP contribution >= 0.6 is 0 Å². The SMILES string of the molecule is CCCCc1ccc(NC(=O)C(=O)NCCCOC)cc1. The number of aryl methyl sites for hydroxylation is 1. The van der Waals surface area contributed by atoms with E-state index in [0.29, 0.717) is 25.3 Å². The third-order valence-electron chi connectivity index (χ3n) is 3.05. The molecule has 0 aliphatic heterocycles. The van der Waals surface area contributed by atoms with Gasteiger partial charge in [0.1, 0.15) is 0 Å². The van der Waals surface area contributed by atoms with Gasteiger partial charge in [-0.2, -0.15) is 0 Å². The fourth-order valence-corrected chi connectivity index (χ4v) is 1.82. The van der Waals surface area contributed by atoms with Gasteiger partial charge in [0.25, 0.3) is 0 Å². The van der Waals surface area contributed by atoms with Crippen molar-refractivity contribution in [2.24, 2.45) is 0 Å². The third-order valence-corrected chi connectivity index (χ3v) is 3.05. The lowest BCUT2D eigenvalue weighted by molar-refractivity contribution is -0.136. The summed E-state index contributed by atoms with van der Waals surface area (Å²) < 4.78 is 4.87. The van der Waals surface area contributed by atoms with Crippen LogP contribution in [0.15, 0.2) is 24.3 Å². The molecule has 0 saturated heterocycles. The third kappa shape index (κ3) is 6.90. The predicted octanol–water partition coefficient (Wildman–Crippen LogP) is 2.12. The van der Waals surface area contributed by atoms with Crippen LogP contribution in [0.25, 0.3) is 0 Å². The summed E-state index contributed by atoms with van der Waals surface area (Å²) in [6, 6.07) is 7.59. The lowest BCUT2D eigenvalue weighted by Gasteiger charge is -2.07. The molecule has 116 valence electrons. The fraction of sp³-hybridized carbons (Fsp3) is 0.500. The van der Waals surface area contributed by atoms with Crippen LogP contribution in [0.4, 0.5) is 5.69 Å². The van der Waals surface area contributed by atoms with Crippen molar-refractivity contribution in [3.05, 3.63) is 29.8 Å². The summed E-state index contributed by atoms with van der Waals surface area (Å²) in [4.78, 5) is 23.2. The number of unbranched alkanes of at least 4 members (excludes halogenated alkanes) is 1. The Kier molecular flexibility index (Phi) is 8.12. The van der Waals surface area contributed by atoms with Gasteiger partial charge in [0.2, 0.25) is 0 Å². The summed E-state index contributed by atoms with van der Waals surface area (Å²) in [5.41, 5.74) is 1.87. The molecule has 5 nitrogen and oxygen atoms in total. The molecule has 0 aromatic heterocycles. The highest BCUT2D eigenvalue weighted by Crippen LogP contribution is 2.11. The zero-order chi connectivity index (χ0) is 15.5. The number of hydrogen-bond donors (Lipinski definition) is 2. The number of amides is 2. The molecule has 2 amide bonds. The highest BCUT2D eigenvalue weighted by atomic mass is 16.5. The van der Waals surface area contributed by atoms with Crippen LogP contribution in [-0.2, 0) is 20.7 Å². The molecule has 21 heavy (non-hydrogen) atoms. The van der Waals surface area contributed by atoms with Crippen molar-refractivity contribution in [1.82, 2.24) is 5.32 Å². The predicted molar refractivity (Wildman–Crippen MR) is 83.2 cm³/mol. The van der Waals surface area contributed by atoms with Crippen LogP contribution in [0.5, 0.6) is 0 Å². The maximum atomic E-state index is 11.7. The summed E-state index contributed by atoms with van der Waals surface area (Å²) in [5.74, 6) is -1.27. The number of carbonyl (C=O) groups is 2. The Hall–Kier alpha value is -1.88. The average molecular weight is 292 g/mol. The van der Waals surface area contributed by atoms with Crippen LogP contribution in [0, 0.1) is 0 Å². The second kappa shape index (κ2) is 9.94. The molecule has 1 aromatic carbocycles. The summed E-state index contributed by atoms with van der Waals surface area (Å²) >= 11 is 0. The zero-order valence-corrected chi connectivity index (χ0v) is 12.8. The Bertz CT molecular complexity index is 443. The molecular formula is C16H24N2O3. The molecule has 0 saturated carbocycles. The van der Waals surface area contributed by atoms with E-state index in [9.17, 15) is 9.59 Å². The van der Waals surface area contributed by atoms with Crippen molar-refractivity contribution in [3.8, 4) is 0 Å². The first kappa shape index (κ1) is 17.2. The molecule has 5 heteroatoms. The molecule has 1 aromatic rings. The van der Waals surface area contributed by atoms with E-state index in [4.69, 9.17) is 4.74 Å². The number of ether oxygens (including phenoxy) is 1. The Morgan fingerprint density at radius 2 is 1.81 bits per heavy atom. The van der Waals surface area contributed by atoms with Crippen molar-refractivity contribution in [2.45, 2.75) is 32.6 Å². The van der Waals surface area contributed by atoms with Gasteiger partial charge in [0.15, 0.2) is 0 Å². The first-order chi connectivity index (χ1) is 10.2. The molecule has 0 radical (unpaired) electrons. The van der Waals surface area contributed by atoms with E-state index in [1.54, 1.807) is 7.11 Å². The number of benzene rings is 1. The van der Waals surface area contributed by atoms with Crippen LogP contribution in [0.2, 0.25) is 0 Å². The van der Waals surface area contributed by atoms with E-state index in [1.165, 1.54) is 5.56 Å². The molecule has 0 spiro atoms. The van der Waals surface area contributed by atoms with E-state index < -0.39 is 11.8 Å². The summed E-state index contributed by atoms with van der Waals surface area (Å²) in [5, 5.41) is 5.13. The molecule has 0 heterocycles. The monoisotopic (exact) mass is 292 g/mol.